The molecular weight excluding hydrogens is 419 g/mol. The first-order valence-corrected chi connectivity index (χ1v) is 8.30. The van der Waals surface area contributed by atoms with Crippen LogP contribution < -0.4 is 10.6 Å². The highest BCUT2D eigenvalue weighted by molar-refractivity contribution is 14.0. The molecule has 0 spiro atoms. The second kappa shape index (κ2) is 10.8. The molecule has 0 bridgehead atoms. The average Bonchev–Trinajstić information content (AvgIpc) is 3.01. The second-order valence-corrected chi connectivity index (χ2v) is 6.09. The number of aliphatic hydroxyl groups excluding tert-OH is 1. The van der Waals surface area contributed by atoms with Gasteiger partial charge >= 0.3 is 0 Å². The molecule has 2 heterocycles. The number of hydrogen-bond donors (Lipinski definition) is 3. The number of aliphatic hydroxyl groups is 1. The summed E-state index contributed by atoms with van der Waals surface area (Å²) in [5.41, 5.74) is 2.14. The Morgan fingerprint density at radius 1 is 1.46 bits per heavy atom. The van der Waals surface area contributed by atoms with Gasteiger partial charge in [0.2, 0.25) is 0 Å². The van der Waals surface area contributed by atoms with E-state index in [1.54, 1.807) is 6.20 Å². The first kappa shape index (κ1) is 21.1. The molecule has 24 heavy (non-hydrogen) atoms. The predicted octanol–water partition coefficient (Wildman–Crippen LogP) is 1.85. The van der Waals surface area contributed by atoms with Crippen LogP contribution in [0.3, 0.4) is 0 Å². The van der Waals surface area contributed by atoms with Crippen molar-refractivity contribution in [2.24, 2.45) is 10.4 Å². The number of halogens is 1. The van der Waals surface area contributed by atoms with E-state index in [0.29, 0.717) is 13.2 Å². The normalized spacial score (nSPS) is 20.5. The minimum absolute atomic E-state index is 0. The zero-order valence-electron chi connectivity index (χ0n) is 14.5. The summed E-state index contributed by atoms with van der Waals surface area (Å²) < 4.78 is 5.53. The number of aromatic nitrogens is 1. The van der Waals surface area contributed by atoms with Gasteiger partial charge in [0.05, 0.1) is 18.8 Å². The molecule has 1 aliphatic rings. The second-order valence-electron chi connectivity index (χ2n) is 6.09. The van der Waals surface area contributed by atoms with Crippen LogP contribution in [0.15, 0.2) is 23.3 Å². The van der Waals surface area contributed by atoms with Gasteiger partial charge in [-0.15, -0.1) is 24.0 Å². The molecule has 1 saturated heterocycles. The molecule has 0 saturated carbocycles. The van der Waals surface area contributed by atoms with Gasteiger partial charge in [-0.2, -0.15) is 0 Å². The number of nitrogens with one attached hydrogen (secondary N) is 2. The lowest BCUT2D eigenvalue weighted by Crippen LogP contribution is -2.44. The molecular formula is C17H29IN4O2. The summed E-state index contributed by atoms with van der Waals surface area (Å²) in [5.74, 6) is 0.779. The Morgan fingerprint density at radius 2 is 2.29 bits per heavy atom. The van der Waals surface area contributed by atoms with Crippen LogP contribution >= 0.6 is 24.0 Å². The summed E-state index contributed by atoms with van der Waals surface area (Å²) in [4.78, 5) is 9.00. The number of guanidine groups is 1. The Labute approximate surface area is 161 Å². The van der Waals surface area contributed by atoms with Gasteiger partial charge in [0.25, 0.3) is 0 Å². The highest BCUT2D eigenvalue weighted by Gasteiger charge is 2.34. The molecule has 136 valence electrons. The Kier molecular flexibility index (Phi) is 9.53. The number of rotatable bonds is 7. The van der Waals surface area contributed by atoms with E-state index in [9.17, 15) is 5.11 Å². The third-order valence-corrected chi connectivity index (χ3v) is 4.31. The van der Waals surface area contributed by atoms with Crippen LogP contribution in [-0.4, -0.2) is 49.0 Å². The molecule has 7 heteroatoms. The average molecular weight is 448 g/mol. The Morgan fingerprint density at radius 3 is 2.92 bits per heavy atom. The minimum atomic E-state index is 0. The Bertz CT molecular complexity index is 519. The topological polar surface area (TPSA) is 78.8 Å². The minimum Gasteiger partial charge on any atom is -0.396 e. The molecule has 2 rings (SSSR count). The van der Waals surface area contributed by atoms with Crippen LogP contribution in [0.2, 0.25) is 0 Å². The lowest BCUT2D eigenvalue weighted by molar-refractivity contribution is 0.127. The number of hydrogen-bond acceptors (Lipinski definition) is 4. The molecule has 1 fully saturated rings. The first-order chi connectivity index (χ1) is 11.2. The van der Waals surface area contributed by atoms with Crippen molar-refractivity contribution in [3.63, 3.8) is 0 Å². The van der Waals surface area contributed by atoms with Crippen LogP contribution in [0.1, 0.15) is 31.0 Å². The maximum atomic E-state index is 9.31. The van der Waals surface area contributed by atoms with Gasteiger partial charge in [0, 0.05) is 37.9 Å². The molecule has 1 unspecified atom stereocenters. The van der Waals surface area contributed by atoms with Crippen molar-refractivity contribution in [3.05, 3.63) is 29.6 Å². The zero-order valence-corrected chi connectivity index (χ0v) is 16.9. The van der Waals surface area contributed by atoms with Crippen molar-refractivity contribution in [1.29, 1.82) is 0 Å². The molecule has 3 N–H and O–H groups in total. The Balaban J connectivity index is 0.00000288. The molecule has 1 aromatic heterocycles. The van der Waals surface area contributed by atoms with E-state index in [1.165, 1.54) is 0 Å². The first-order valence-electron chi connectivity index (χ1n) is 8.30. The lowest BCUT2D eigenvalue weighted by atomic mass is 9.84. The van der Waals surface area contributed by atoms with Crippen molar-refractivity contribution in [2.75, 3.05) is 32.9 Å². The maximum absolute atomic E-state index is 9.31. The van der Waals surface area contributed by atoms with Crippen molar-refractivity contribution in [1.82, 2.24) is 15.6 Å². The smallest absolute Gasteiger partial charge is 0.191 e. The summed E-state index contributed by atoms with van der Waals surface area (Å²) in [6, 6.07) is 3.98. The Hall–Kier alpha value is -0.930. The van der Waals surface area contributed by atoms with Gasteiger partial charge < -0.3 is 20.5 Å². The fourth-order valence-corrected chi connectivity index (χ4v) is 2.76. The van der Waals surface area contributed by atoms with E-state index < -0.39 is 0 Å². The lowest BCUT2D eigenvalue weighted by Gasteiger charge is -2.27. The summed E-state index contributed by atoms with van der Waals surface area (Å²) in [6.45, 7) is 7.84. The maximum Gasteiger partial charge on any atom is 0.191 e. The fraction of sp³-hybridized carbons (Fsp3) is 0.647. The van der Waals surface area contributed by atoms with Gasteiger partial charge in [0.15, 0.2) is 5.96 Å². The van der Waals surface area contributed by atoms with Crippen LogP contribution in [0.5, 0.6) is 0 Å². The number of ether oxygens (including phenoxy) is 1. The third kappa shape index (κ3) is 6.18. The molecule has 0 aromatic carbocycles. The molecule has 0 aliphatic carbocycles. The summed E-state index contributed by atoms with van der Waals surface area (Å²) in [7, 11) is 0. The number of pyridine rings is 1. The molecule has 0 amide bonds. The van der Waals surface area contributed by atoms with E-state index in [0.717, 1.165) is 49.8 Å². The van der Waals surface area contributed by atoms with Crippen molar-refractivity contribution in [2.45, 2.75) is 33.2 Å². The number of aliphatic imine (C=N–C) groups is 1. The summed E-state index contributed by atoms with van der Waals surface area (Å²) >= 11 is 0. The van der Waals surface area contributed by atoms with Crippen LogP contribution in [0.4, 0.5) is 0 Å². The van der Waals surface area contributed by atoms with Gasteiger partial charge in [-0.25, -0.2) is 4.99 Å². The van der Waals surface area contributed by atoms with Gasteiger partial charge in [-0.3, -0.25) is 4.98 Å². The standard InChI is InChI=1S/C17H28N4O2.HI/c1-3-18-16(20-11-15-14(2)5-4-8-19-15)21-12-17(6-9-22)7-10-23-13-17;/h4-5,8,22H,3,6-7,9-13H2,1-2H3,(H2,18,20,21);1H. The quantitative estimate of drug-likeness (QED) is 0.337. The SMILES string of the molecule is CCNC(=NCc1ncccc1C)NCC1(CCO)CCOC1.I. The zero-order chi connectivity index (χ0) is 16.5. The van der Waals surface area contributed by atoms with E-state index >= 15 is 0 Å². The van der Waals surface area contributed by atoms with E-state index in [1.807, 2.05) is 26.0 Å². The van der Waals surface area contributed by atoms with Gasteiger partial charge in [-0.05, 0) is 38.3 Å². The van der Waals surface area contributed by atoms with E-state index in [2.05, 4.69) is 20.6 Å². The number of aryl methyl sites for hydroxylation is 1. The van der Waals surface area contributed by atoms with Crippen LogP contribution in [0.25, 0.3) is 0 Å². The third-order valence-electron chi connectivity index (χ3n) is 4.31. The highest BCUT2D eigenvalue weighted by Crippen LogP contribution is 2.31. The van der Waals surface area contributed by atoms with Crippen molar-refractivity contribution >= 4 is 29.9 Å². The van der Waals surface area contributed by atoms with E-state index in [-0.39, 0.29) is 36.0 Å². The van der Waals surface area contributed by atoms with Crippen LogP contribution in [0, 0.1) is 12.3 Å². The predicted molar refractivity (Wildman–Crippen MR) is 107 cm³/mol. The fourth-order valence-electron chi connectivity index (χ4n) is 2.76. The molecule has 6 nitrogen and oxygen atoms in total. The molecule has 1 aromatic rings. The highest BCUT2D eigenvalue weighted by atomic mass is 127. The van der Waals surface area contributed by atoms with E-state index in [4.69, 9.17) is 4.74 Å². The summed E-state index contributed by atoms with van der Waals surface area (Å²) in [6.07, 6.45) is 3.52. The van der Waals surface area contributed by atoms with Crippen molar-refractivity contribution < 1.29 is 9.84 Å². The largest absolute Gasteiger partial charge is 0.396 e. The van der Waals surface area contributed by atoms with Gasteiger partial charge in [-0.1, -0.05) is 6.07 Å². The molecule has 1 aliphatic heterocycles. The van der Waals surface area contributed by atoms with Crippen molar-refractivity contribution in [3.8, 4) is 0 Å². The van der Waals surface area contributed by atoms with Gasteiger partial charge in [0.1, 0.15) is 0 Å². The molecule has 0 radical (unpaired) electrons. The molecule has 1 atom stereocenters. The van der Waals surface area contributed by atoms with Crippen LogP contribution in [-0.2, 0) is 11.3 Å². The monoisotopic (exact) mass is 448 g/mol. The summed E-state index contributed by atoms with van der Waals surface area (Å²) in [5, 5.41) is 16.0. The number of nitrogens with zero attached hydrogens (tertiary/aromatic N) is 2.